The Morgan fingerprint density at radius 2 is 1.08 bits per heavy atom. The molecule has 0 saturated heterocycles. The van der Waals surface area contributed by atoms with Crippen molar-refractivity contribution in [1.82, 2.24) is 0 Å². The lowest BCUT2D eigenvalue weighted by Gasteiger charge is -2.19. The first-order valence-corrected chi connectivity index (χ1v) is 6.05. The van der Waals surface area contributed by atoms with Crippen LogP contribution in [0.25, 0.3) is 0 Å². The number of hydrogen-bond acceptors (Lipinski definition) is 2. The average molecular weight is 358 g/mol. The molecule has 0 spiro atoms. The summed E-state index contributed by atoms with van der Waals surface area (Å²) in [6.07, 6.45) is -9.51. The van der Waals surface area contributed by atoms with E-state index in [1.165, 1.54) is 0 Å². The highest BCUT2D eigenvalue weighted by atomic mass is 19.4. The van der Waals surface area contributed by atoms with E-state index in [9.17, 15) is 35.1 Å². The molecule has 2 nitrogen and oxygen atoms in total. The molecule has 2 rings (SSSR count). The zero-order chi connectivity index (χ0) is 18.1. The summed E-state index contributed by atoms with van der Waals surface area (Å²) < 4.78 is 111. The quantitative estimate of drug-likeness (QED) is 0.706. The van der Waals surface area contributed by atoms with Crippen molar-refractivity contribution in [2.75, 3.05) is 0 Å². The number of rotatable bonds is 4. The lowest BCUT2D eigenvalue weighted by molar-refractivity contribution is -0.274. The summed E-state index contributed by atoms with van der Waals surface area (Å²) in [6, 6.07) is 2.75. The van der Waals surface area contributed by atoms with Gasteiger partial charge in [-0.2, -0.15) is 8.78 Å². The van der Waals surface area contributed by atoms with Crippen LogP contribution in [-0.4, -0.2) is 6.36 Å². The first kappa shape index (κ1) is 17.8. The summed E-state index contributed by atoms with van der Waals surface area (Å²) >= 11 is 0. The van der Waals surface area contributed by atoms with Crippen LogP contribution in [0.4, 0.5) is 35.1 Å². The van der Waals surface area contributed by atoms with Gasteiger partial charge in [0.15, 0.2) is 0 Å². The highest BCUT2D eigenvalue weighted by Gasteiger charge is 2.41. The van der Waals surface area contributed by atoms with Crippen LogP contribution in [0.2, 0.25) is 0 Å². The predicted molar refractivity (Wildman–Crippen MR) is 64.0 cm³/mol. The van der Waals surface area contributed by atoms with Gasteiger partial charge in [0.2, 0.25) is 0 Å². The molecular weight excluding hydrogens is 352 g/mol. The molecule has 10 heteroatoms. The molecule has 0 aliphatic heterocycles. The normalized spacial score (nSPS) is 12.2. The van der Waals surface area contributed by atoms with E-state index in [2.05, 4.69) is 9.47 Å². The summed E-state index contributed by atoms with van der Waals surface area (Å²) in [7, 11) is 0. The largest absolute Gasteiger partial charge is 0.573 e. The molecule has 24 heavy (non-hydrogen) atoms. The van der Waals surface area contributed by atoms with E-state index < -0.39 is 47.0 Å². The van der Waals surface area contributed by atoms with Crippen LogP contribution in [0.15, 0.2) is 36.4 Å². The lowest BCUT2D eigenvalue weighted by atomic mass is 10.1. The lowest BCUT2D eigenvalue weighted by Crippen LogP contribution is -2.25. The molecule has 0 unspecified atom stereocenters. The van der Waals surface area contributed by atoms with E-state index in [0.29, 0.717) is 24.3 Å². The predicted octanol–water partition coefficient (Wildman–Crippen LogP) is 5.13. The second kappa shape index (κ2) is 6.17. The fourth-order valence-corrected chi connectivity index (χ4v) is 1.73. The number of benzene rings is 2. The summed E-state index contributed by atoms with van der Waals surface area (Å²) in [6.45, 7) is 0. The van der Waals surface area contributed by atoms with E-state index in [-0.39, 0.29) is 12.1 Å². The average Bonchev–Trinajstić information content (AvgIpc) is 2.37. The molecule has 0 fully saturated rings. The third-order valence-corrected chi connectivity index (χ3v) is 2.60. The molecule has 0 radical (unpaired) electrons. The highest BCUT2D eigenvalue weighted by molar-refractivity contribution is 5.33. The molecule has 130 valence electrons. The van der Waals surface area contributed by atoms with Crippen molar-refractivity contribution in [3.63, 3.8) is 0 Å². The number of halogens is 8. The van der Waals surface area contributed by atoms with Crippen LogP contribution >= 0.6 is 0 Å². The molecule has 0 aliphatic rings. The molecule has 0 heterocycles. The van der Waals surface area contributed by atoms with Crippen molar-refractivity contribution in [3.05, 3.63) is 59.4 Å². The Morgan fingerprint density at radius 3 is 1.50 bits per heavy atom. The Labute approximate surface area is 129 Å². The third-order valence-electron chi connectivity index (χ3n) is 2.60. The Hall–Kier alpha value is -2.52. The topological polar surface area (TPSA) is 18.5 Å². The summed E-state index contributed by atoms with van der Waals surface area (Å²) in [5.41, 5.74) is -1.83. The van der Waals surface area contributed by atoms with Gasteiger partial charge in [-0.1, -0.05) is 0 Å². The van der Waals surface area contributed by atoms with Gasteiger partial charge >= 0.3 is 12.5 Å². The van der Waals surface area contributed by atoms with Crippen molar-refractivity contribution >= 4 is 0 Å². The molecular formula is C14H6F8O2. The van der Waals surface area contributed by atoms with Gasteiger partial charge in [-0.15, -0.1) is 13.2 Å². The Kier molecular flexibility index (Phi) is 4.59. The molecule has 0 N–H and O–H groups in total. The summed E-state index contributed by atoms with van der Waals surface area (Å²) in [5.74, 6) is -6.57. The van der Waals surface area contributed by atoms with Gasteiger partial charge in [-0.25, -0.2) is 13.2 Å². The standard InChI is InChI=1S/C14H6F8O2/c15-7-5-10(16)12(11(17)6-7)13(18,19)23-8-1-3-9(4-2-8)24-14(20,21)22/h1-6H. The van der Waals surface area contributed by atoms with Crippen LogP contribution in [0.5, 0.6) is 11.5 Å². The van der Waals surface area contributed by atoms with Gasteiger partial charge < -0.3 is 9.47 Å². The van der Waals surface area contributed by atoms with Crippen molar-refractivity contribution < 1.29 is 44.6 Å². The van der Waals surface area contributed by atoms with Crippen LogP contribution in [0, 0.1) is 17.5 Å². The minimum absolute atomic E-state index is 0.0377. The van der Waals surface area contributed by atoms with E-state index in [4.69, 9.17) is 0 Å². The van der Waals surface area contributed by atoms with Gasteiger partial charge in [0.25, 0.3) is 0 Å². The molecule has 0 bridgehead atoms. The molecule has 0 amide bonds. The van der Waals surface area contributed by atoms with Gasteiger partial charge in [-0.05, 0) is 24.3 Å². The molecule has 0 saturated carbocycles. The first-order chi connectivity index (χ1) is 11.0. The maximum atomic E-state index is 13.8. The van der Waals surface area contributed by atoms with Crippen LogP contribution < -0.4 is 9.47 Å². The Morgan fingerprint density at radius 1 is 0.667 bits per heavy atom. The van der Waals surface area contributed by atoms with Crippen LogP contribution in [0.3, 0.4) is 0 Å². The van der Waals surface area contributed by atoms with Gasteiger partial charge in [0.1, 0.15) is 34.5 Å². The number of hydrogen-bond donors (Lipinski definition) is 0. The second-order valence-electron chi connectivity index (χ2n) is 4.38. The van der Waals surface area contributed by atoms with E-state index in [1.807, 2.05) is 0 Å². The van der Waals surface area contributed by atoms with Crippen molar-refractivity contribution in [2.24, 2.45) is 0 Å². The second-order valence-corrected chi connectivity index (χ2v) is 4.38. The molecule has 2 aromatic carbocycles. The minimum Gasteiger partial charge on any atom is -0.429 e. The number of ether oxygens (including phenoxy) is 2. The summed E-state index contributed by atoms with van der Waals surface area (Å²) in [4.78, 5) is 0. The number of alkyl halides is 5. The van der Waals surface area contributed by atoms with E-state index in [0.717, 1.165) is 0 Å². The monoisotopic (exact) mass is 358 g/mol. The zero-order valence-electron chi connectivity index (χ0n) is 11.3. The Bertz CT molecular complexity index is 702. The summed E-state index contributed by atoms with van der Waals surface area (Å²) in [5, 5.41) is 0. The van der Waals surface area contributed by atoms with Gasteiger partial charge in [0, 0.05) is 12.1 Å². The molecule has 2 aromatic rings. The highest BCUT2D eigenvalue weighted by Crippen LogP contribution is 2.36. The SMILES string of the molecule is Fc1cc(F)c(C(F)(F)Oc2ccc(OC(F)(F)F)cc2)c(F)c1. The van der Waals surface area contributed by atoms with Crippen molar-refractivity contribution in [1.29, 1.82) is 0 Å². The van der Waals surface area contributed by atoms with Crippen LogP contribution in [0.1, 0.15) is 5.56 Å². The molecule has 0 aromatic heterocycles. The first-order valence-electron chi connectivity index (χ1n) is 6.05. The van der Waals surface area contributed by atoms with E-state index >= 15 is 0 Å². The maximum absolute atomic E-state index is 13.8. The maximum Gasteiger partial charge on any atom is 0.573 e. The molecule has 0 atom stereocenters. The van der Waals surface area contributed by atoms with Crippen LogP contribution in [-0.2, 0) is 6.11 Å². The smallest absolute Gasteiger partial charge is 0.429 e. The fourth-order valence-electron chi connectivity index (χ4n) is 1.73. The Balaban J connectivity index is 2.23. The third kappa shape index (κ3) is 4.27. The zero-order valence-corrected chi connectivity index (χ0v) is 11.3. The molecule has 0 aliphatic carbocycles. The van der Waals surface area contributed by atoms with Crippen molar-refractivity contribution in [2.45, 2.75) is 12.5 Å². The van der Waals surface area contributed by atoms with Crippen molar-refractivity contribution in [3.8, 4) is 11.5 Å². The van der Waals surface area contributed by atoms with E-state index in [1.54, 1.807) is 0 Å². The van der Waals surface area contributed by atoms with Gasteiger partial charge in [0.05, 0.1) is 0 Å². The minimum atomic E-state index is -4.98. The van der Waals surface area contributed by atoms with Gasteiger partial charge in [-0.3, -0.25) is 0 Å². The fraction of sp³-hybridized carbons (Fsp3) is 0.143.